The van der Waals surface area contributed by atoms with Gasteiger partial charge in [-0.2, -0.15) is 0 Å². The zero-order valence-corrected chi connectivity index (χ0v) is 12.6. The van der Waals surface area contributed by atoms with Gasteiger partial charge in [0.15, 0.2) is 0 Å². The smallest absolute Gasteiger partial charge is 0.346 e. The van der Waals surface area contributed by atoms with Gasteiger partial charge in [0.05, 0.1) is 24.1 Å². The van der Waals surface area contributed by atoms with E-state index in [-0.39, 0.29) is 18.1 Å². The number of aliphatic hydroxyl groups excluding tert-OH is 2. The van der Waals surface area contributed by atoms with Crippen LogP contribution >= 0.6 is 11.3 Å². The largest absolute Gasteiger partial charge is 0.477 e. The molecule has 0 fully saturated rings. The Morgan fingerprint density at radius 2 is 2.05 bits per heavy atom. The molecule has 7 nitrogen and oxygen atoms in total. The zero-order valence-electron chi connectivity index (χ0n) is 11.8. The summed E-state index contributed by atoms with van der Waals surface area (Å²) in [7, 11) is 0. The minimum Gasteiger partial charge on any atom is -0.477 e. The van der Waals surface area contributed by atoms with Crippen LogP contribution in [-0.4, -0.2) is 50.0 Å². The van der Waals surface area contributed by atoms with Gasteiger partial charge in [0.1, 0.15) is 21.9 Å². The summed E-state index contributed by atoms with van der Waals surface area (Å²) in [5.74, 6) is -0.585. The number of carbonyl (C=O) groups is 1. The number of aliphatic hydroxyl groups is 2. The molecule has 4 N–H and O–H groups in total. The lowest BCUT2D eigenvalue weighted by Crippen LogP contribution is -2.45. The van der Waals surface area contributed by atoms with E-state index in [1.807, 2.05) is 6.92 Å². The molecule has 2 aromatic rings. The van der Waals surface area contributed by atoms with Crippen LogP contribution < -0.4 is 5.32 Å². The van der Waals surface area contributed by atoms with Gasteiger partial charge in [-0.15, -0.1) is 11.3 Å². The molecule has 0 saturated carbocycles. The van der Waals surface area contributed by atoms with Crippen molar-refractivity contribution in [3.8, 4) is 0 Å². The summed E-state index contributed by atoms with van der Waals surface area (Å²) in [5, 5.41) is 31.9. The second-order valence-electron chi connectivity index (χ2n) is 4.84. The van der Waals surface area contributed by atoms with E-state index in [0.29, 0.717) is 28.0 Å². The van der Waals surface area contributed by atoms with Crippen LogP contribution in [0.2, 0.25) is 0 Å². The molecule has 0 aliphatic carbocycles. The lowest BCUT2D eigenvalue weighted by Gasteiger charge is -2.30. The van der Waals surface area contributed by atoms with Crippen molar-refractivity contribution in [3.05, 3.63) is 16.8 Å². The van der Waals surface area contributed by atoms with E-state index < -0.39 is 11.5 Å². The number of carboxylic acid groups (broad SMARTS) is 1. The molecule has 0 aliphatic heterocycles. The molecule has 0 bridgehead atoms. The van der Waals surface area contributed by atoms with E-state index in [4.69, 9.17) is 0 Å². The van der Waals surface area contributed by atoms with E-state index in [1.54, 1.807) is 6.92 Å². The van der Waals surface area contributed by atoms with E-state index >= 15 is 0 Å². The highest BCUT2D eigenvalue weighted by Gasteiger charge is 2.29. The number of carboxylic acids is 1. The molecule has 0 aliphatic rings. The molecule has 114 valence electrons. The Labute approximate surface area is 125 Å². The molecule has 2 aromatic heterocycles. The number of rotatable bonds is 6. The van der Waals surface area contributed by atoms with Crippen molar-refractivity contribution in [1.82, 2.24) is 9.97 Å². The van der Waals surface area contributed by atoms with Crippen molar-refractivity contribution < 1.29 is 20.1 Å². The van der Waals surface area contributed by atoms with E-state index in [9.17, 15) is 20.1 Å². The summed E-state index contributed by atoms with van der Waals surface area (Å²) < 4.78 is 0. The summed E-state index contributed by atoms with van der Waals surface area (Å²) in [6, 6.07) is 0. The van der Waals surface area contributed by atoms with Crippen LogP contribution in [0.3, 0.4) is 0 Å². The van der Waals surface area contributed by atoms with Crippen LogP contribution in [0.4, 0.5) is 5.82 Å². The normalized spacial score (nSPS) is 11.8. The van der Waals surface area contributed by atoms with Gasteiger partial charge in [0.2, 0.25) is 0 Å². The van der Waals surface area contributed by atoms with Gasteiger partial charge in [0, 0.05) is 0 Å². The lowest BCUT2D eigenvalue weighted by atomic mass is 9.98. The first-order valence-corrected chi connectivity index (χ1v) is 7.27. The molecular formula is C13H17N3O4S. The maximum atomic E-state index is 11.2. The standard InChI is InChI=1S/C13H17N3O4S/c1-3-13(4-17,5-18)16-10-8-7(2)9(12(19)20)21-11(8)15-6-14-10/h6,17-18H,3-5H2,1-2H3,(H,19,20)(H,14,15,16). The Balaban J connectivity index is 2.57. The Bertz CT molecular complexity index is 658. The summed E-state index contributed by atoms with van der Waals surface area (Å²) in [5.41, 5.74) is -0.328. The second kappa shape index (κ2) is 5.92. The maximum Gasteiger partial charge on any atom is 0.346 e. The van der Waals surface area contributed by atoms with Crippen LogP contribution in [0.15, 0.2) is 6.33 Å². The number of nitrogens with one attached hydrogen (secondary N) is 1. The molecule has 0 aromatic carbocycles. The zero-order chi connectivity index (χ0) is 15.6. The SMILES string of the molecule is CCC(CO)(CO)Nc1ncnc2sc(C(=O)O)c(C)c12. The van der Waals surface area contributed by atoms with Crippen molar-refractivity contribution in [3.63, 3.8) is 0 Å². The number of aromatic carboxylic acids is 1. The fraction of sp³-hybridized carbons (Fsp3) is 0.462. The molecule has 2 heterocycles. The van der Waals surface area contributed by atoms with Gasteiger partial charge in [-0.25, -0.2) is 14.8 Å². The summed E-state index contributed by atoms with van der Waals surface area (Å²) in [4.78, 5) is 20.2. The molecule has 8 heteroatoms. The maximum absolute atomic E-state index is 11.2. The third-order valence-electron chi connectivity index (χ3n) is 3.59. The number of thiophene rings is 1. The summed E-state index contributed by atoms with van der Waals surface area (Å²) >= 11 is 1.08. The predicted molar refractivity (Wildman–Crippen MR) is 79.9 cm³/mol. The van der Waals surface area contributed by atoms with Crippen molar-refractivity contribution in [2.75, 3.05) is 18.5 Å². The Morgan fingerprint density at radius 1 is 1.38 bits per heavy atom. The van der Waals surface area contributed by atoms with Gasteiger partial charge in [-0.05, 0) is 18.9 Å². The molecule has 0 spiro atoms. The average Bonchev–Trinajstić information content (AvgIpc) is 2.83. The lowest BCUT2D eigenvalue weighted by molar-refractivity contribution is 0.0701. The van der Waals surface area contributed by atoms with Crippen LogP contribution in [0.25, 0.3) is 10.2 Å². The molecule has 0 saturated heterocycles. The van der Waals surface area contributed by atoms with Crippen molar-refractivity contribution in [2.45, 2.75) is 25.8 Å². The van der Waals surface area contributed by atoms with Gasteiger partial charge in [0.25, 0.3) is 0 Å². The molecule has 0 amide bonds. The Kier molecular flexibility index (Phi) is 4.40. The van der Waals surface area contributed by atoms with Gasteiger partial charge >= 0.3 is 5.97 Å². The minimum atomic E-state index is -1.01. The first-order chi connectivity index (χ1) is 9.98. The predicted octanol–water partition coefficient (Wildman–Crippen LogP) is 1.24. The molecule has 0 radical (unpaired) electrons. The molecule has 2 rings (SSSR count). The number of fused-ring (bicyclic) bond motifs is 1. The van der Waals surface area contributed by atoms with Crippen molar-refractivity contribution in [2.24, 2.45) is 0 Å². The topological polar surface area (TPSA) is 116 Å². The monoisotopic (exact) mass is 311 g/mol. The number of nitrogens with zero attached hydrogens (tertiary/aromatic N) is 2. The fourth-order valence-electron chi connectivity index (χ4n) is 2.06. The third-order valence-corrected chi connectivity index (χ3v) is 4.77. The number of anilines is 1. The van der Waals surface area contributed by atoms with E-state index in [1.165, 1.54) is 6.33 Å². The van der Waals surface area contributed by atoms with Crippen LogP contribution in [0.1, 0.15) is 28.6 Å². The quantitative estimate of drug-likeness (QED) is 0.634. The molecule has 0 unspecified atom stereocenters. The first kappa shape index (κ1) is 15.6. The number of aryl methyl sites for hydroxylation is 1. The van der Waals surface area contributed by atoms with E-state index in [2.05, 4.69) is 15.3 Å². The Hall–Kier alpha value is -1.77. The van der Waals surface area contributed by atoms with Crippen molar-refractivity contribution >= 4 is 33.3 Å². The van der Waals surface area contributed by atoms with Crippen LogP contribution in [-0.2, 0) is 0 Å². The minimum absolute atomic E-state index is 0.212. The Morgan fingerprint density at radius 3 is 2.57 bits per heavy atom. The fourth-order valence-corrected chi connectivity index (χ4v) is 3.05. The number of hydrogen-bond acceptors (Lipinski definition) is 7. The highest BCUT2D eigenvalue weighted by molar-refractivity contribution is 7.20. The summed E-state index contributed by atoms with van der Waals surface area (Å²) in [6.45, 7) is 3.00. The van der Waals surface area contributed by atoms with Crippen LogP contribution in [0.5, 0.6) is 0 Å². The second-order valence-corrected chi connectivity index (χ2v) is 5.84. The summed E-state index contributed by atoms with van der Waals surface area (Å²) in [6.07, 6.45) is 1.82. The third kappa shape index (κ3) is 2.69. The van der Waals surface area contributed by atoms with E-state index in [0.717, 1.165) is 11.3 Å². The van der Waals surface area contributed by atoms with Crippen LogP contribution in [0, 0.1) is 6.92 Å². The van der Waals surface area contributed by atoms with Gasteiger partial charge in [-0.3, -0.25) is 0 Å². The highest BCUT2D eigenvalue weighted by Crippen LogP contribution is 2.34. The highest BCUT2D eigenvalue weighted by atomic mass is 32.1. The molecule has 21 heavy (non-hydrogen) atoms. The van der Waals surface area contributed by atoms with Gasteiger partial charge < -0.3 is 20.6 Å². The molecule has 0 atom stereocenters. The number of aromatic nitrogens is 2. The number of hydrogen-bond donors (Lipinski definition) is 4. The molecular weight excluding hydrogens is 294 g/mol. The average molecular weight is 311 g/mol. The van der Waals surface area contributed by atoms with Gasteiger partial charge in [-0.1, -0.05) is 6.92 Å². The van der Waals surface area contributed by atoms with Crippen molar-refractivity contribution in [1.29, 1.82) is 0 Å². The first-order valence-electron chi connectivity index (χ1n) is 6.45.